The summed E-state index contributed by atoms with van der Waals surface area (Å²) in [5.41, 5.74) is 0. The van der Waals surface area contributed by atoms with E-state index in [0.717, 1.165) is 18.8 Å². The van der Waals surface area contributed by atoms with Crippen LogP contribution in [0.15, 0.2) is 0 Å². The molecule has 0 aromatic rings. The second kappa shape index (κ2) is 3.73. The summed E-state index contributed by atoms with van der Waals surface area (Å²) in [7, 11) is 0. The van der Waals surface area contributed by atoms with Crippen LogP contribution in [0.5, 0.6) is 0 Å². The van der Waals surface area contributed by atoms with Crippen LogP contribution in [0.1, 0.15) is 45.4 Å². The number of rotatable bonds is 2. The van der Waals surface area contributed by atoms with Crippen molar-refractivity contribution < 1.29 is 9.90 Å². The van der Waals surface area contributed by atoms with Gasteiger partial charge in [0.25, 0.3) is 0 Å². The van der Waals surface area contributed by atoms with Gasteiger partial charge in [-0.3, -0.25) is 9.69 Å². The number of fused-ring (bicyclic) bond motifs is 2. The van der Waals surface area contributed by atoms with Gasteiger partial charge in [-0.25, -0.2) is 0 Å². The third kappa shape index (κ3) is 1.41. The maximum Gasteiger partial charge on any atom is 0.308 e. The average molecular weight is 223 g/mol. The summed E-state index contributed by atoms with van der Waals surface area (Å²) in [6.45, 7) is 2.34. The molecule has 0 spiro atoms. The zero-order valence-corrected chi connectivity index (χ0v) is 9.93. The number of aliphatic carboxylic acids is 1. The van der Waals surface area contributed by atoms with Crippen molar-refractivity contribution in [3.05, 3.63) is 0 Å². The van der Waals surface area contributed by atoms with Gasteiger partial charge in [-0.05, 0) is 38.0 Å². The fourth-order valence-corrected chi connectivity index (χ4v) is 4.38. The quantitative estimate of drug-likeness (QED) is 0.779. The fourth-order valence-electron chi connectivity index (χ4n) is 4.38. The van der Waals surface area contributed by atoms with E-state index in [2.05, 4.69) is 11.8 Å². The van der Waals surface area contributed by atoms with Gasteiger partial charge in [0.1, 0.15) is 0 Å². The minimum absolute atomic E-state index is 0.0773. The first-order valence-electron chi connectivity index (χ1n) is 6.68. The van der Waals surface area contributed by atoms with E-state index in [9.17, 15) is 9.90 Å². The predicted molar refractivity (Wildman–Crippen MR) is 61.2 cm³/mol. The van der Waals surface area contributed by atoms with Gasteiger partial charge >= 0.3 is 5.97 Å². The summed E-state index contributed by atoms with van der Waals surface area (Å²) in [5.74, 6) is 0.130. The average Bonchev–Trinajstić information content (AvgIpc) is 2.90. The summed E-state index contributed by atoms with van der Waals surface area (Å²) in [5, 5.41) is 9.24. The first-order chi connectivity index (χ1) is 7.68. The second-order valence-corrected chi connectivity index (χ2v) is 5.90. The van der Waals surface area contributed by atoms with E-state index < -0.39 is 5.97 Å². The Kier molecular flexibility index (Phi) is 2.46. The number of carboxylic acid groups (broad SMARTS) is 1. The molecular formula is C13H21NO2. The minimum atomic E-state index is -0.567. The van der Waals surface area contributed by atoms with Gasteiger partial charge in [0.05, 0.1) is 5.92 Å². The van der Waals surface area contributed by atoms with Gasteiger partial charge in [-0.2, -0.15) is 0 Å². The fraction of sp³-hybridized carbons (Fsp3) is 0.923. The van der Waals surface area contributed by atoms with Crippen molar-refractivity contribution in [1.82, 2.24) is 4.90 Å². The number of hydrogen-bond donors (Lipinski definition) is 1. The SMILES string of the molecule is CC1CCCC1N1C2CCC1C(C(=O)O)C2. The molecule has 3 heteroatoms. The van der Waals surface area contributed by atoms with Gasteiger partial charge in [-0.1, -0.05) is 13.3 Å². The molecule has 1 saturated carbocycles. The number of hydrogen-bond acceptors (Lipinski definition) is 2. The summed E-state index contributed by atoms with van der Waals surface area (Å²) in [6, 6.07) is 1.62. The van der Waals surface area contributed by atoms with Gasteiger partial charge < -0.3 is 5.11 Å². The molecule has 2 heterocycles. The number of carbonyl (C=O) groups is 1. The molecule has 3 fully saturated rings. The number of carboxylic acids is 1. The molecule has 3 rings (SSSR count). The molecule has 0 amide bonds. The first kappa shape index (κ1) is 10.6. The monoisotopic (exact) mass is 223 g/mol. The lowest BCUT2D eigenvalue weighted by molar-refractivity contribution is -0.142. The van der Waals surface area contributed by atoms with Gasteiger partial charge in [-0.15, -0.1) is 0 Å². The van der Waals surface area contributed by atoms with Gasteiger partial charge in [0, 0.05) is 18.1 Å². The Morgan fingerprint density at radius 2 is 2.00 bits per heavy atom. The Balaban J connectivity index is 1.79. The molecular weight excluding hydrogens is 202 g/mol. The van der Waals surface area contributed by atoms with E-state index in [4.69, 9.17) is 0 Å². The molecule has 3 aliphatic rings. The Hall–Kier alpha value is -0.570. The van der Waals surface area contributed by atoms with E-state index >= 15 is 0 Å². The van der Waals surface area contributed by atoms with Crippen LogP contribution in [-0.2, 0) is 4.79 Å². The van der Waals surface area contributed by atoms with Crippen molar-refractivity contribution in [2.24, 2.45) is 11.8 Å². The van der Waals surface area contributed by atoms with Crippen molar-refractivity contribution in [2.75, 3.05) is 0 Å². The molecule has 5 unspecified atom stereocenters. The minimum Gasteiger partial charge on any atom is -0.481 e. The molecule has 16 heavy (non-hydrogen) atoms. The zero-order valence-electron chi connectivity index (χ0n) is 9.93. The molecule has 0 aromatic carbocycles. The Labute approximate surface area is 96.8 Å². The van der Waals surface area contributed by atoms with Crippen molar-refractivity contribution in [2.45, 2.75) is 63.6 Å². The lowest BCUT2D eigenvalue weighted by Crippen LogP contribution is -2.42. The molecule has 0 aromatic heterocycles. The van der Waals surface area contributed by atoms with Crippen LogP contribution < -0.4 is 0 Å². The highest BCUT2D eigenvalue weighted by molar-refractivity contribution is 5.71. The van der Waals surface area contributed by atoms with Crippen LogP contribution >= 0.6 is 0 Å². The van der Waals surface area contributed by atoms with Crippen LogP contribution in [0.3, 0.4) is 0 Å². The summed E-state index contributed by atoms with van der Waals surface area (Å²) in [6.07, 6.45) is 7.21. The third-order valence-electron chi connectivity index (χ3n) is 5.11. The van der Waals surface area contributed by atoms with Gasteiger partial charge in [0.15, 0.2) is 0 Å². The van der Waals surface area contributed by atoms with Crippen LogP contribution in [-0.4, -0.2) is 34.1 Å². The molecule has 5 atom stereocenters. The summed E-state index contributed by atoms with van der Waals surface area (Å²) < 4.78 is 0. The van der Waals surface area contributed by atoms with Crippen LogP contribution in [0.25, 0.3) is 0 Å². The molecule has 3 nitrogen and oxygen atoms in total. The summed E-state index contributed by atoms with van der Waals surface area (Å²) >= 11 is 0. The molecule has 90 valence electrons. The Morgan fingerprint density at radius 1 is 1.19 bits per heavy atom. The lowest BCUT2D eigenvalue weighted by Gasteiger charge is -2.32. The van der Waals surface area contributed by atoms with Crippen molar-refractivity contribution in [3.8, 4) is 0 Å². The zero-order chi connectivity index (χ0) is 11.3. The second-order valence-electron chi connectivity index (χ2n) is 5.90. The normalized spacial score (nSPS) is 47.7. The largest absolute Gasteiger partial charge is 0.481 e. The molecule has 1 N–H and O–H groups in total. The van der Waals surface area contributed by atoms with Crippen LogP contribution in [0, 0.1) is 11.8 Å². The van der Waals surface area contributed by atoms with E-state index in [1.807, 2.05) is 0 Å². The Bertz CT molecular complexity index is 304. The topological polar surface area (TPSA) is 40.5 Å². The van der Waals surface area contributed by atoms with E-state index in [1.54, 1.807) is 0 Å². The lowest BCUT2D eigenvalue weighted by atomic mass is 9.89. The highest BCUT2D eigenvalue weighted by Gasteiger charge is 2.52. The predicted octanol–water partition coefficient (Wildman–Crippen LogP) is 2.11. The highest BCUT2D eigenvalue weighted by atomic mass is 16.4. The Morgan fingerprint density at radius 3 is 2.56 bits per heavy atom. The highest BCUT2D eigenvalue weighted by Crippen LogP contribution is 2.46. The molecule has 2 bridgehead atoms. The van der Waals surface area contributed by atoms with Crippen LogP contribution in [0.2, 0.25) is 0 Å². The van der Waals surface area contributed by atoms with Crippen molar-refractivity contribution >= 4 is 5.97 Å². The molecule has 2 saturated heterocycles. The van der Waals surface area contributed by atoms with E-state index in [-0.39, 0.29) is 5.92 Å². The first-order valence-corrected chi connectivity index (χ1v) is 6.68. The van der Waals surface area contributed by atoms with Crippen molar-refractivity contribution in [3.63, 3.8) is 0 Å². The van der Waals surface area contributed by atoms with Crippen LogP contribution in [0.4, 0.5) is 0 Å². The van der Waals surface area contributed by atoms with E-state index in [1.165, 1.54) is 25.7 Å². The van der Waals surface area contributed by atoms with E-state index in [0.29, 0.717) is 18.1 Å². The number of nitrogens with zero attached hydrogens (tertiary/aromatic N) is 1. The maximum absolute atomic E-state index is 11.2. The van der Waals surface area contributed by atoms with Crippen molar-refractivity contribution in [1.29, 1.82) is 0 Å². The standard InChI is InChI=1S/C13H21NO2/c1-8-3-2-4-11(8)14-9-5-6-12(14)10(7-9)13(15)16/h8-12H,2-7H2,1H3,(H,15,16). The summed E-state index contributed by atoms with van der Waals surface area (Å²) in [4.78, 5) is 13.8. The molecule has 2 aliphatic heterocycles. The van der Waals surface area contributed by atoms with Gasteiger partial charge in [0.2, 0.25) is 0 Å². The maximum atomic E-state index is 11.2. The third-order valence-corrected chi connectivity index (χ3v) is 5.11. The molecule has 0 radical (unpaired) electrons. The molecule has 1 aliphatic carbocycles. The smallest absolute Gasteiger partial charge is 0.308 e.